The second-order valence-electron chi connectivity index (χ2n) is 7.48. The van der Waals surface area contributed by atoms with Gasteiger partial charge in [0.2, 0.25) is 11.8 Å². The first-order chi connectivity index (χ1) is 14.4. The SMILES string of the molecule is COc1ccc(F)c(C[C@]2(CCC(=O)NCCSc3nccn3C)CCC(=O)N2)c1. The molecule has 2 N–H and O–H groups in total. The predicted octanol–water partition coefficient (Wildman–Crippen LogP) is 2.45. The monoisotopic (exact) mass is 434 g/mol. The van der Waals surface area contributed by atoms with Gasteiger partial charge in [0, 0.05) is 50.1 Å². The Labute approximate surface area is 179 Å². The van der Waals surface area contributed by atoms with Crippen LogP contribution in [0.15, 0.2) is 35.7 Å². The van der Waals surface area contributed by atoms with Gasteiger partial charge in [0.05, 0.1) is 7.11 Å². The van der Waals surface area contributed by atoms with E-state index in [9.17, 15) is 14.0 Å². The van der Waals surface area contributed by atoms with Gasteiger partial charge < -0.3 is 19.9 Å². The largest absolute Gasteiger partial charge is 0.497 e. The van der Waals surface area contributed by atoms with E-state index in [1.165, 1.54) is 13.2 Å². The van der Waals surface area contributed by atoms with Gasteiger partial charge in [-0.05, 0) is 43.0 Å². The van der Waals surface area contributed by atoms with Gasteiger partial charge in [0.1, 0.15) is 11.6 Å². The number of methoxy groups -OCH3 is 1. The molecule has 0 aliphatic carbocycles. The number of amides is 2. The fourth-order valence-corrected chi connectivity index (χ4v) is 4.41. The third kappa shape index (κ3) is 5.75. The molecule has 0 unspecified atom stereocenters. The topological polar surface area (TPSA) is 85.2 Å². The molecule has 1 aliphatic heterocycles. The van der Waals surface area contributed by atoms with Gasteiger partial charge >= 0.3 is 0 Å². The predicted molar refractivity (Wildman–Crippen MR) is 113 cm³/mol. The molecule has 162 valence electrons. The summed E-state index contributed by atoms with van der Waals surface area (Å²) in [5.74, 6) is 0.793. The standard InChI is InChI=1S/C21H27FN4O3S/c1-26-11-9-24-20(26)30-12-10-23-18(27)5-7-21(8-6-19(28)25-21)14-15-13-16(29-2)3-4-17(15)22/h3-4,9,11,13H,5-8,10,12,14H2,1-2H3,(H,23,27)(H,25,28)/t21-/m0/s1. The lowest BCUT2D eigenvalue weighted by Crippen LogP contribution is -2.44. The number of nitrogens with one attached hydrogen (secondary N) is 2. The number of rotatable bonds is 10. The van der Waals surface area contributed by atoms with E-state index in [4.69, 9.17) is 4.74 Å². The van der Waals surface area contributed by atoms with Crippen LogP contribution >= 0.6 is 11.8 Å². The number of aromatic nitrogens is 2. The molecule has 1 aromatic heterocycles. The van der Waals surface area contributed by atoms with Gasteiger partial charge in [0.15, 0.2) is 5.16 Å². The van der Waals surface area contributed by atoms with E-state index in [0.717, 1.165) is 5.16 Å². The van der Waals surface area contributed by atoms with Crippen LogP contribution in [0.2, 0.25) is 0 Å². The normalized spacial score (nSPS) is 18.3. The van der Waals surface area contributed by atoms with Crippen LogP contribution in [0, 0.1) is 5.82 Å². The minimum absolute atomic E-state index is 0.0646. The third-order valence-electron chi connectivity index (χ3n) is 5.28. The Balaban J connectivity index is 1.53. The maximum absolute atomic E-state index is 14.3. The van der Waals surface area contributed by atoms with Crippen molar-refractivity contribution >= 4 is 23.6 Å². The van der Waals surface area contributed by atoms with Crippen LogP contribution < -0.4 is 15.4 Å². The molecule has 3 rings (SSSR count). The van der Waals surface area contributed by atoms with Crippen molar-refractivity contribution in [3.63, 3.8) is 0 Å². The molecule has 2 amide bonds. The molecular formula is C21H27FN4O3S. The van der Waals surface area contributed by atoms with Gasteiger partial charge in [-0.25, -0.2) is 9.37 Å². The molecule has 1 atom stereocenters. The fraction of sp³-hybridized carbons (Fsp3) is 0.476. The van der Waals surface area contributed by atoms with Crippen LogP contribution in [-0.4, -0.2) is 46.3 Å². The summed E-state index contributed by atoms with van der Waals surface area (Å²) < 4.78 is 21.4. The molecule has 9 heteroatoms. The number of ether oxygens (including phenoxy) is 1. The molecule has 1 aliphatic rings. The highest BCUT2D eigenvalue weighted by molar-refractivity contribution is 7.99. The molecule has 2 aromatic rings. The summed E-state index contributed by atoms with van der Waals surface area (Å²) in [4.78, 5) is 28.5. The summed E-state index contributed by atoms with van der Waals surface area (Å²) in [5.41, 5.74) is -0.146. The van der Waals surface area contributed by atoms with E-state index in [1.54, 1.807) is 30.1 Å². The molecule has 1 saturated heterocycles. The minimum atomic E-state index is -0.622. The Kier molecular flexibility index (Phi) is 7.36. The van der Waals surface area contributed by atoms with Crippen molar-refractivity contribution in [1.29, 1.82) is 0 Å². The lowest BCUT2D eigenvalue weighted by molar-refractivity contribution is -0.122. The second-order valence-corrected chi connectivity index (χ2v) is 8.54. The van der Waals surface area contributed by atoms with Crippen molar-refractivity contribution in [1.82, 2.24) is 20.2 Å². The van der Waals surface area contributed by atoms with E-state index in [1.807, 2.05) is 17.8 Å². The first-order valence-corrected chi connectivity index (χ1v) is 10.9. The van der Waals surface area contributed by atoms with Crippen LogP contribution in [0.3, 0.4) is 0 Å². The summed E-state index contributed by atoms with van der Waals surface area (Å²) in [6.45, 7) is 0.528. The number of benzene rings is 1. The highest BCUT2D eigenvalue weighted by atomic mass is 32.2. The Hall–Kier alpha value is -2.55. The third-order valence-corrected chi connectivity index (χ3v) is 6.34. The maximum Gasteiger partial charge on any atom is 0.220 e. The summed E-state index contributed by atoms with van der Waals surface area (Å²) in [6.07, 6.45) is 5.61. The van der Waals surface area contributed by atoms with Crippen LogP contribution in [0.1, 0.15) is 31.2 Å². The second kappa shape index (κ2) is 9.97. The highest BCUT2D eigenvalue weighted by Crippen LogP contribution is 2.31. The molecule has 2 heterocycles. The van der Waals surface area contributed by atoms with Gasteiger partial charge in [0.25, 0.3) is 0 Å². The number of nitrogens with zero attached hydrogens (tertiary/aromatic N) is 2. The first-order valence-electron chi connectivity index (χ1n) is 9.91. The summed E-state index contributed by atoms with van der Waals surface area (Å²) in [7, 11) is 3.45. The molecule has 0 radical (unpaired) electrons. The first kappa shape index (κ1) is 22.1. The minimum Gasteiger partial charge on any atom is -0.497 e. The van der Waals surface area contributed by atoms with Crippen LogP contribution in [0.25, 0.3) is 0 Å². The van der Waals surface area contributed by atoms with Crippen molar-refractivity contribution < 1.29 is 18.7 Å². The average Bonchev–Trinajstić information content (AvgIpc) is 3.31. The number of imidazole rings is 1. The zero-order valence-corrected chi connectivity index (χ0v) is 18.1. The lowest BCUT2D eigenvalue weighted by atomic mass is 9.84. The van der Waals surface area contributed by atoms with Crippen molar-refractivity contribution in [2.24, 2.45) is 7.05 Å². The van der Waals surface area contributed by atoms with E-state index in [2.05, 4.69) is 15.6 Å². The highest BCUT2D eigenvalue weighted by Gasteiger charge is 2.38. The van der Waals surface area contributed by atoms with E-state index in [0.29, 0.717) is 49.3 Å². The van der Waals surface area contributed by atoms with Gasteiger partial charge in [-0.3, -0.25) is 9.59 Å². The Bertz CT molecular complexity index is 904. The zero-order chi connectivity index (χ0) is 21.6. The van der Waals surface area contributed by atoms with E-state index < -0.39 is 5.54 Å². The lowest BCUT2D eigenvalue weighted by Gasteiger charge is -2.29. The molecule has 0 spiro atoms. The molecule has 0 saturated carbocycles. The van der Waals surface area contributed by atoms with Gasteiger partial charge in [-0.2, -0.15) is 0 Å². The summed E-state index contributed by atoms with van der Waals surface area (Å²) in [6, 6.07) is 4.58. The van der Waals surface area contributed by atoms with Crippen LogP contribution in [0.4, 0.5) is 4.39 Å². The van der Waals surface area contributed by atoms with Crippen molar-refractivity contribution in [2.75, 3.05) is 19.4 Å². The molecular weight excluding hydrogens is 407 g/mol. The van der Waals surface area contributed by atoms with Gasteiger partial charge in [-0.15, -0.1) is 0 Å². The van der Waals surface area contributed by atoms with Crippen molar-refractivity contribution in [3.05, 3.63) is 42.0 Å². The molecule has 30 heavy (non-hydrogen) atoms. The summed E-state index contributed by atoms with van der Waals surface area (Å²) >= 11 is 1.57. The maximum atomic E-state index is 14.3. The van der Waals surface area contributed by atoms with Crippen molar-refractivity contribution in [3.8, 4) is 5.75 Å². The number of hydrogen-bond donors (Lipinski definition) is 2. The zero-order valence-electron chi connectivity index (χ0n) is 17.2. The molecule has 7 nitrogen and oxygen atoms in total. The van der Waals surface area contributed by atoms with E-state index >= 15 is 0 Å². The fourth-order valence-electron chi connectivity index (χ4n) is 3.63. The number of thioether (sulfide) groups is 1. The Morgan fingerprint density at radius 1 is 1.47 bits per heavy atom. The van der Waals surface area contributed by atoms with Crippen LogP contribution in [0.5, 0.6) is 5.75 Å². The Morgan fingerprint density at radius 2 is 2.30 bits per heavy atom. The average molecular weight is 435 g/mol. The Morgan fingerprint density at radius 3 is 2.97 bits per heavy atom. The quantitative estimate of drug-likeness (QED) is 0.443. The number of carbonyl (C=O) groups excluding carboxylic acids is 2. The number of hydrogen-bond acceptors (Lipinski definition) is 5. The van der Waals surface area contributed by atoms with Crippen molar-refractivity contribution in [2.45, 2.75) is 42.8 Å². The van der Waals surface area contributed by atoms with Crippen LogP contribution in [-0.2, 0) is 23.1 Å². The number of halogens is 1. The molecule has 1 fully saturated rings. The summed E-state index contributed by atoms with van der Waals surface area (Å²) in [5, 5.41) is 6.79. The van der Waals surface area contributed by atoms with E-state index in [-0.39, 0.29) is 24.1 Å². The smallest absolute Gasteiger partial charge is 0.220 e. The number of carbonyl (C=O) groups is 2. The van der Waals surface area contributed by atoms with Gasteiger partial charge in [-0.1, -0.05) is 11.8 Å². The molecule has 0 bridgehead atoms. The molecule has 1 aromatic carbocycles. The number of aryl methyl sites for hydroxylation is 1.